The molecule has 5 nitrogen and oxygen atoms in total. The summed E-state index contributed by atoms with van der Waals surface area (Å²) in [6.45, 7) is 0. The quantitative estimate of drug-likeness (QED) is 0.363. The number of nitrogens with zero attached hydrogens (tertiary/aromatic N) is 1. The minimum absolute atomic E-state index is 0.449. The summed E-state index contributed by atoms with van der Waals surface area (Å²) in [5.74, 6) is 0.874. The number of rotatable bonds is 5. The van der Waals surface area contributed by atoms with Gasteiger partial charge in [0.25, 0.3) is 0 Å². The maximum absolute atomic E-state index is 11.1. The molecule has 0 aliphatic rings. The predicted octanol–water partition coefficient (Wildman–Crippen LogP) is 4.10. The van der Waals surface area contributed by atoms with E-state index in [1.165, 1.54) is 3.57 Å². The molecule has 0 fully saturated rings. The van der Waals surface area contributed by atoms with E-state index in [0.717, 1.165) is 11.3 Å². The van der Waals surface area contributed by atoms with Gasteiger partial charge in [0.2, 0.25) is 5.91 Å². The lowest BCUT2D eigenvalue weighted by atomic mass is 10.1. The summed E-state index contributed by atoms with van der Waals surface area (Å²) in [5.41, 5.74) is 10.4. The Morgan fingerprint density at radius 1 is 1.04 bits per heavy atom. The number of carbonyl (C=O) groups is 1. The molecule has 0 saturated carbocycles. The molecule has 3 N–H and O–H groups in total. The fraction of sp³-hybridized carbons (Fsp3) is 0. The summed E-state index contributed by atoms with van der Waals surface area (Å²) in [6.07, 6.45) is 1.61. The van der Waals surface area contributed by atoms with Gasteiger partial charge in [0.05, 0.1) is 11.9 Å². The van der Waals surface area contributed by atoms with Crippen LogP contribution in [0, 0.1) is 3.57 Å². The highest BCUT2D eigenvalue weighted by Crippen LogP contribution is 2.22. The highest BCUT2D eigenvalue weighted by molar-refractivity contribution is 14.1. The van der Waals surface area contributed by atoms with Crippen molar-refractivity contribution >= 4 is 40.4 Å². The molecule has 0 spiro atoms. The van der Waals surface area contributed by atoms with Crippen LogP contribution in [0.4, 0.5) is 5.69 Å². The lowest BCUT2D eigenvalue weighted by Gasteiger charge is -1.99. The first-order valence-electron chi connectivity index (χ1n) is 7.16. The molecule has 0 radical (unpaired) electrons. The van der Waals surface area contributed by atoms with E-state index in [-0.39, 0.29) is 0 Å². The number of hydrogen-bond donors (Lipinski definition) is 2. The summed E-state index contributed by atoms with van der Waals surface area (Å²) < 4.78 is 6.89. The second-order valence-corrected chi connectivity index (χ2v) is 6.27. The zero-order valence-electron chi connectivity index (χ0n) is 12.6. The SMILES string of the molecule is NC(=O)c1ccc(-c2ccc(C=NNc3ccc(I)cc3)o2)cc1. The van der Waals surface area contributed by atoms with Crippen molar-refractivity contribution in [1.29, 1.82) is 0 Å². The average molecular weight is 431 g/mol. The van der Waals surface area contributed by atoms with Crippen molar-refractivity contribution < 1.29 is 9.21 Å². The Kier molecular flexibility index (Phi) is 4.95. The Morgan fingerprint density at radius 2 is 1.75 bits per heavy atom. The zero-order chi connectivity index (χ0) is 16.9. The third-order valence-electron chi connectivity index (χ3n) is 3.31. The molecule has 6 heteroatoms. The van der Waals surface area contributed by atoms with Gasteiger partial charge in [-0.05, 0) is 71.1 Å². The molecule has 1 heterocycles. The van der Waals surface area contributed by atoms with Crippen LogP contribution in [0.2, 0.25) is 0 Å². The Labute approximate surface area is 152 Å². The maximum atomic E-state index is 11.1. The van der Waals surface area contributed by atoms with Gasteiger partial charge >= 0.3 is 0 Å². The van der Waals surface area contributed by atoms with E-state index < -0.39 is 5.91 Å². The second kappa shape index (κ2) is 7.31. The zero-order valence-corrected chi connectivity index (χ0v) is 14.7. The number of anilines is 1. The van der Waals surface area contributed by atoms with Gasteiger partial charge in [-0.1, -0.05) is 12.1 Å². The van der Waals surface area contributed by atoms with E-state index in [2.05, 4.69) is 33.1 Å². The number of primary amides is 1. The highest BCUT2D eigenvalue weighted by Gasteiger charge is 2.05. The molecular formula is C18H14IN3O2. The van der Waals surface area contributed by atoms with Crippen LogP contribution in [-0.4, -0.2) is 12.1 Å². The smallest absolute Gasteiger partial charge is 0.248 e. The van der Waals surface area contributed by atoms with E-state index in [4.69, 9.17) is 10.2 Å². The maximum Gasteiger partial charge on any atom is 0.248 e. The molecule has 0 aliphatic carbocycles. The van der Waals surface area contributed by atoms with Crippen LogP contribution >= 0.6 is 22.6 Å². The average Bonchev–Trinajstić information content (AvgIpc) is 3.06. The Balaban J connectivity index is 1.67. The van der Waals surface area contributed by atoms with Crippen LogP contribution in [0.5, 0.6) is 0 Å². The number of halogens is 1. The van der Waals surface area contributed by atoms with Crippen molar-refractivity contribution in [3.05, 3.63) is 75.6 Å². The first-order chi connectivity index (χ1) is 11.6. The first kappa shape index (κ1) is 16.3. The monoisotopic (exact) mass is 431 g/mol. The molecule has 1 aromatic heterocycles. The minimum Gasteiger partial charge on any atom is -0.455 e. The number of amides is 1. The van der Waals surface area contributed by atoms with E-state index in [9.17, 15) is 4.79 Å². The number of furan rings is 1. The number of hydrogen-bond acceptors (Lipinski definition) is 4. The molecule has 0 aliphatic heterocycles. The number of hydrazone groups is 1. The van der Waals surface area contributed by atoms with Gasteiger partial charge in [-0.2, -0.15) is 5.10 Å². The van der Waals surface area contributed by atoms with Crippen LogP contribution < -0.4 is 11.2 Å². The molecule has 120 valence electrons. The van der Waals surface area contributed by atoms with Gasteiger partial charge in [0, 0.05) is 14.7 Å². The normalized spacial score (nSPS) is 10.9. The lowest BCUT2D eigenvalue weighted by Crippen LogP contribution is -2.10. The molecule has 0 atom stereocenters. The fourth-order valence-electron chi connectivity index (χ4n) is 2.07. The minimum atomic E-state index is -0.449. The summed E-state index contributed by atoms with van der Waals surface area (Å²) >= 11 is 2.25. The van der Waals surface area contributed by atoms with Crippen molar-refractivity contribution in [2.45, 2.75) is 0 Å². The third-order valence-corrected chi connectivity index (χ3v) is 4.03. The fourth-order valence-corrected chi connectivity index (χ4v) is 2.43. The van der Waals surface area contributed by atoms with Crippen LogP contribution in [-0.2, 0) is 0 Å². The van der Waals surface area contributed by atoms with Crippen LogP contribution in [0.1, 0.15) is 16.1 Å². The summed E-state index contributed by atoms with van der Waals surface area (Å²) in [5, 5.41) is 4.15. The number of nitrogens with one attached hydrogen (secondary N) is 1. The van der Waals surface area contributed by atoms with Gasteiger partial charge in [-0.3, -0.25) is 10.2 Å². The van der Waals surface area contributed by atoms with Gasteiger partial charge in [0.1, 0.15) is 11.5 Å². The van der Waals surface area contributed by atoms with Gasteiger partial charge in [-0.25, -0.2) is 0 Å². The van der Waals surface area contributed by atoms with Crippen molar-refractivity contribution in [2.24, 2.45) is 10.8 Å². The van der Waals surface area contributed by atoms with E-state index in [1.807, 2.05) is 36.4 Å². The van der Waals surface area contributed by atoms with Crippen molar-refractivity contribution in [1.82, 2.24) is 0 Å². The second-order valence-electron chi connectivity index (χ2n) is 5.02. The molecule has 0 unspecified atom stereocenters. The number of nitrogens with two attached hydrogens (primary N) is 1. The van der Waals surface area contributed by atoms with Gasteiger partial charge in [-0.15, -0.1) is 0 Å². The summed E-state index contributed by atoms with van der Waals surface area (Å²) in [4.78, 5) is 11.1. The van der Waals surface area contributed by atoms with Crippen molar-refractivity contribution in [3.63, 3.8) is 0 Å². The van der Waals surface area contributed by atoms with E-state index in [0.29, 0.717) is 17.1 Å². The van der Waals surface area contributed by atoms with Crippen molar-refractivity contribution in [3.8, 4) is 11.3 Å². The molecular weight excluding hydrogens is 417 g/mol. The molecule has 2 aromatic carbocycles. The molecule has 3 rings (SSSR count). The summed E-state index contributed by atoms with van der Waals surface area (Å²) in [6, 6.07) is 18.5. The van der Waals surface area contributed by atoms with Gasteiger partial charge < -0.3 is 10.2 Å². The first-order valence-corrected chi connectivity index (χ1v) is 8.24. The van der Waals surface area contributed by atoms with Crippen LogP contribution in [0.25, 0.3) is 11.3 Å². The van der Waals surface area contributed by atoms with E-state index in [1.54, 1.807) is 30.5 Å². The topological polar surface area (TPSA) is 80.6 Å². The van der Waals surface area contributed by atoms with Crippen LogP contribution in [0.3, 0.4) is 0 Å². The molecule has 1 amide bonds. The van der Waals surface area contributed by atoms with Crippen molar-refractivity contribution in [2.75, 3.05) is 5.43 Å². The van der Waals surface area contributed by atoms with E-state index >= 15 is 0 Å². The van der Waals surface area contributed by atoms with Gasteiger partial charge in [0.15, 0.2) is 0 Å². The number of benzene rings is 2. The molecule has 3 aromatic rings. The summed E-state index contributed by atoms with van der Waals surface area (Å²) in [7, 11) is 0. The Hall–Kier alpha value is -2.61. The molecule has 24 heavy (non-hydrogen) atoms. The largest absolute Gasteiger partial charge is 0.455 e. The Bertz CT molecular complexity index is 868. The Morgan fingerprint density at radius 3 is 2.42 bits per heavy atom. The molecule has 0 saturated heterocycles. The highest BCUT2D eigenvalue weighted by atomic mass is 127. The lowest BCUT2D eigenvalue weighted by molar-refractivity contribution is 0.100. The van der Waals surface area contributed by atoms with Crippen LogP contribution in [0.15, 0.2) is 70.2 Å². The molecule has 0 bridgehead atoms. The predicted molar refractivity (Wildman–Crippen MR) is 103 cm³/mol. The number of carbonyl (C=O) groups excluding carboxylic acids is 1. The third kappa shape index (κ3) is 4.02. The standard InChI is InChI=1S/C18H14IN3O2/c19-14-5-7-15(8-6-14)22-21-11-16-9-10-17(24-16)12-1-3-13(4-2-12)18(20)23/h1-11,22H,(H2,20,23).